The van der Waals surface area contributed by atoms with E-state index in [4.69, 9.17) is 4.52 Å². The summed E-state index contributed by atoms with van der Waals surface area (Å²) in [6.45, 7) is 3.70. The van der Waals surface area contributed by atoms with Gasteiger partial charge in [0.25, 0.3) is 0 Å². The van der Waals surface area contributed by atoms with Crippen molar-refractivity contribution in [2.24, 2.45) is 0 Å². The minimum atomic E-state index is -3.49. The fourth-order valence-corrected chi connectivity index (χ4v) is 4.95. The lowest BCUT2D eigenvalue weighted by atomic mass is 10.4. The van der Waals surface area contributed by atoms with Gasteiger partial charge in [-0.05, 0) is 35.8 Å². The van der Waals surface area contributed by atoms with Gasteiger partial charge in [0.05, 0.1) is 8.68 Å². The lowest BCUT2D eigenvalue weighted by molar-refractivity contribution is 0.375. The van der Waals surface area contributed by atoms with E-state index in [0.29, 0.717) is 23.0 Å². The van der Waals surface area contributed by atoms with Crippen LogP contribution < -0.4 is 4.72 Å². The van der Waals surface area contributed by atoms with Crippen LogP contribution >= 0.6 is 27.3 Å². The molecule has 0 bridgehead atoms. The normalized spacial score (nSPS) is 11.9. The maximum atomic E-state index is 12.1. The highest BCUT2D eigenvalue weighted by Gasteiger charge is 2.19. The zero-order valence-electron chi connectivity index (χ0n) is 10.3. The fraction of sp³-hybridized carbons (Fsp3) is 0.400. The van der Waals surface area contributed by atoms with Crippen LogP contribution in [0, 0.1) is 13.8 Å². The van der Waals surface area contributed by atoms with E-state index in [2.05, 4.69) is 30.8 Å². The van der Waals surface area contributed by atoms with Crippen molar-refractivity contribution in [3.05, 3.63) is 26.4 Å². The highest BCUT2D eigenvalue weighted by atomic mass is 79.9. The van der Waals surface area contributed by atoms with Gasteiger partial charge in [0.15, 0.2) is 5.82 Å². The summed E-state index contributed by atoms with van der Waals surface area (Å²) in [5, 5.41) is 3.64. The number of thiophene rings is 1. The van der Waals surface area contributed by atoms with E-state index in [1.165, 1.54) is 11.3 Å². The molecule has 2 aromatic heterocycles. The Kier molecular flexibility index (Phi) is 4.39. The third-order valence-electron chi connectivity index (χ3n) is 2.33. The minimum absolute atomic E-state index is 0.219. The van der Waals surface area contributed by atoms with Crippen molar-refractivity contribution in [3.8, 4) is 0 Å². The largest absolute Gasteiger partial charge is 0.339 e. The highest BCUT2D eigenvalue weighted by molar-refractivity contribution is 9.11. The maximum absolute atomic E-state index is 12.1. The molecule has 19 heavy (non-hydrogen) atoms. The Hall–Kier alpha value is -0.770. The molecule has 0 spiro atoms. The van der Waals surface area contributed by atoms with Crippen molar-refractivity contribution >= 4 is 37.3 Å². The van der Waals surface area contributed by atoms with Crippen LogP contribution in [-0.2, 0) is 16.4 Å². The van der Waals surface area contributed by atoms with E-state index in [1.807, 2.05) is 0 Å². The molecule has 0 saturated carbocycles. The van der Waals surface area contributed by atoms with Crippen molar-refractivity contribution in [1.82, 2.24) is 14.9 Å². The van der Waals surface area contributed by atoms with Crippen molar-refractivity contribution in [3.63, 3.8) is 0 Å². The van der Waals surface area contributed by atoms with Gasteiger partial charge in [-0.1, -0.05) is 5.16 Å². The van der Waals surface area contributed by atoms with Crippen molar-refractivity contribution in [1.29, 1.82) is 0 Å². The van der Waals surface area contributed by atoms with Crippen LogP contribution in [0.2, 0.25) is 0 Å². The van der Waals surface area contributed by atoms with Crippen molar-refractivity contribution in [2.45, 2.75) is 25.2 Å². The van der Waals surface area contributed by atoms with Gasteiger partial charge in [-0.3, -0.25) is 0 Å². The first kappa shape index (κ1) is 14.6. The Morgan fingerprint density at radius 3 is 2.74 bits per heavy atom. The van der Waals surface area contributed by atoms with Crippen LogP contribution in [0.3, 0.4) is 0 Å². The summed E-state index contributed by atoms with van der Waals surface area (Å²) in [4.78, 5) is 5.05. The van der Waals surface area contributed by atoms with Gasteiger partial charge in [0, 0.05) is 17.8 Å². The molecule has 0 aliphatic heterocycles. The molecule has 0 saturated heterocycles. The number of aromatic nitrogens is 2. The first-order chi connectivity index (χ1) is 8.88. The monoisotopic (exact) mass is 365 g/mol. The first-order valence-corrected chi connectivity index (χ1v) is 8.52. The second kappa shape index (κ2) is 5.70. The summed E-state index contributed by atoms with van der Waals surface area (Å²) in [5.41, 5.74) is 0. The fourth-order valence-electron chi connectivity index (χ4n) is 1.51. The standard InChI is InChI=1S/C10H12BrN3O3S2/c1-6-8(5-9(11)18-6)19(15,16)12-4-3-10-13-7(2)14-17-10/h5,12H,3-4H2,1-2H3. The molecule has 1 N–H and O–H groups in total. The maximum Gasteiger partial charge on any atom is 0.241 e. The summed E-state index contributed by atoms with van der Waals surface area (Å²) in [5.74, 6) is 0.957. The number of hydrogen-bond acceptors (Lipinski definition) is 6. The third kappa shape index (κ3) is 3.62. The molecule has 0 radical (unpaired) electrons. The molecule has 0 unspecified atom stereocenters. The van der Waals surface area contributed by atoms with E-state index in [-0.39, 0.29) is 6.54 Å². The number of halogens is 1. The van der Waals surface area contributed by atoms with Gasteiger partial charge in [0.2, 0.25) is 15.9 Å². The first-order valence-electron chi connectivity index (χ1n) is 5.43. The van der Waals surface area contributed by atoms with Gasteiger partial charge in [0.1, 0.15) is 0 Å². The molecule has 6 nitrogen and oxygen atoms in total. The van der Waals surface area contributed by atoms with Crippen molar-refractivity contribution < 1.29 is 12.9 Å². The second-order valence-electron chi connectivity index (χ2n) is 3.85. The summed E-state index contributed by atoms with van der Waals surface area (Å²) in [7, 11) is -3.49. The summed E-state index contributed by atoms with van der Waals surface area (Å²) in [6.07, 6.45) is 0.366. The summed E-state index contributed by atoms with van der Waals surface area (Å²) < 4.78 is 32.4. The Morgan fingerprint density at radius 2 is 2.21 bits per heavy atom. The number of nitrogens with zero attached hydrogens (tertiary/aromatic N) is 2. The van der Waals surface area contributed by atoms with E-state index >= 15 is 0 Å². The van der Waals surface area contributed by atoms with Crippen LogP contribution in [0.15, 0.2) is 19.3 Å². The molecule has 0 aromatic carbocycles. The smallest absolute Gasteiger partial charge is 0.241 e. The van der Waals surface area contributed by atoms with E-state index < -0.39 is 10.0 Å². The molecule has 2 aromatic rings. The zero-order valence-corrected chi connectivity index (χ0v) is 13.5. The molecule has 0 aliphatic rings. The molecule has 0 amide bonds. The number of nitrogens with one attached hydrogen (secondary N) is 1. The lowest BCUT2D eigenvalue weighted by Crippen LogP contribution is -2.26. The molecule has 0 aliphatic carbocycles. The Labute approximate surface area is 123 Å². The van der Waals surface area contributed by atoms with Gasteiger partial charge in [-0.2, -0.15) is 4.98 Å². The van der Waals surface area contributed by atoms with E-state index in [0.717, 1.165) is 8.66 Å². The number of hydrogen-bond donors (Lipinski definition) is 1. The molecular formula is C10H12BrN3O3S2. The van der Waals surface area contributed by atoms with Crippen molar-refractivity contribution in [2.75, 3.05) is 6.54 Å². The Morgan fingerprint density at radius 1 is 1.47 bits per heavy atom. The topological polar surface area (TPSA) is 85.1 Å². The van der Waals surface area contributed by atoms with E-state index in [9.17, 15) is 8.42 Å². The average molecular weight is 366 g/mol. The van der Waals surface area contributed by atoms with Gasteiger partial charge >= 0.3 is 0 Å². The zero-order chi connectivity index (χ0) is 14.0. The van der Waals surface area contributed by atoms with Gasteiger partial charge < -0.3 is 4.52 Å². The molecule has 0 fully saturated rings. The van der Waals surface area contributed by atoms with Gasteiger partial charge in [-0.25, -0.2) is 13.1 Å². The molecular weight excluding hydrogens is 354 g/mol. The Bertz CT molecular complexity index is 678. The number of rotatable bonds is 5. The number of sulfonamides is 1. The summed E-state index contributed by atoms with van der Waals surface area (Å²) >= 11 is 4.66. The molecule has 104 valence electrons. The Balaban J connectivity index is 2.00. The third-order valence-corrected chi connectivity index (χ3v) is 5.60. The van der Waals surface area contributed by atoms with Crippen LogP contribution in [0.5, 0.6) is 0 Å². The lowest BCUT2D eigenvalue weighted by Gasteiger charge is -2.04. The van der Waals surface area contributed by atoms with E-state index in [1.54, 1.807) is 19.9 Å². The molecule has 2 heterocycles. The number of aryl methyl sites for hydroxylation is 2. The van der Waals surface area contributed by atoms with Gasteiger partial charge in [-0.15, -0.1) is 11.3 Å². The summed E-state index contributed by atoms with van der Waals surface area (Å²) in [6, 6.07) is 1.60. The predicted molar refractivity (Wildman–Crippen MR) is 74.7 cm³/mol. The average Bonchev–Trinajstić information content (AvgIpc) is 2.85. The molecule has 9 heteroatoms. The molecule has 0 atom stereocenters. The highest BCUT2D eigenvalue weighted by Crippen LogP contribution is 2.29. The minimum Gasteiger partial charge on any atom is -0.339 e. The predicted octanol–water partition coefficient (Wildman–Crippen LogP) is 2.03. The quantitative estimate of drug-likeness (QED) is 0.875. The second-order valence-corrected chi connectivity index (χ2v) is 8.22. The van der Waals surface area contributed by atoms with Crippen LogP contribution in [0.25, 0.3) is 0 Å². The van der Waals surface area contributed by atoms with Crippen LogP contribution in [0.4, 0.5) is 0 Å². The van der Waals surface area contributed by atoms with Crippen LogP contribution in [0.1, 0.15) is 16.6 Å². The molecule has 2 rings (SSSR count). The SMILES string of the molecule is Cc1noc(CCNS(=O)(=O)c2cc(Br)sc2C)n1. The van der Waals surface area contributed by atoms with Crippen LogP contribution in [-0.4, -0.2) is 25.1 Å².